The van der Waals surface area contributed by atoms with E-state index in [2.05, 4.69) is 20.2 Å². The number of hydrogen-bond acceptors (Lipinski definition) is 7. The summed E-state index contributed by atoms with van der Waals surface area (Å²) in [5.74, 6) is 2.05. The van der Waals surface area contributed by atoms with Crippen molar-refractivity contribution in [2.45, 2.75) is 38.0 Å². The molecule has 0 spiro atoms. The summed E-state index contributed by atoms with van der Waals surface area (Å²) in [7, 11) is 3.65. The molecule has 124 valence electrons. The Morgan fingerprint density at radius 2 is 2.22 bits per heavy atom. The number of ether oxygens (including phenoxy) is 1. The first-order valence-electron chi connectivity index (χ1n) is 7.74. The highest BCUT2D eigenvalue weighted by molar-refractivity contribution is 5.39. The quantitative estimate of drug-likeness (QED) is 0.799. The number of hydrogen-bond donors (Lipinski definition) is 1. The lowest BCUT2D eigenvalue weighted by Crippen LogP contribution is -2.28. The summed E-state index contributed by atoms with van der Waals surface area (Å²) in [4.78, 5) is 10.7. The molecule has 2 heterocycles. The largest absolute Gasteiger partial charge is 0.393 e. The molecule has 0 aliphatic heterocycles. The Morgan fingerprint density at radius 1 is 1.39 bits per heavy atom. The van der Waals surface area contributed by atoms with Gasteiger partial charge in [0.15, 0.2) is 5.82 Å². The van der Waals surface area contributed by atoms with E-state index in [-0.39, 0.29) is 6.10 Å². The van der Waals surface area contributed by atoms with E-state index in [1.807, 2.05) is 22.6 Å². The van der Waals surface area contributed by atoms with Crippen molar-refractivity contribution in [3.8, 4) is 0 Å². The number of anilines is 1. The number of aromatic nitrogens is 5. The van der Waals surface area contributed by atoms with Crippen LogP contribution < -0.4 is 4.90 Å². The maximum Gasteiger partial charge on any atom is 0.152 e. The summed E-state index contributed by atoms with van der Waals surface area (Å²) in [5, 5.41) is 17.6. The lowest BCUT2D eigenvalue weighted by atomic mass is 9.80. The molecule has 0 unspecified atom stereocenters. The zero-order valence-electron chi connectivity index (χ0n) is 13.5. The van der Waals surface area contributed by atoms with Crippen LogP contribution in [0.15, 0.2) is 18.7 Å². The van der Waals surface area contributed by atoms with Gasteiger partial charge in [0.1, 0.15) is 18.5 Å². The number of aliphatic hydroxyl groups is 1. The minimum absolute atomic E-state index is 0.185. The summed E-state index contributed by atoms with van der Waals surface area (Å²) in [6.07, 6.45) is 4.68. The Morgan fingerprint density at radius 3 is 2.96 bits per heavy atom. The Hall–Kier alpha value is -2.06. The number of nitrogens with zero attached hydrogens (tertiary/aromatic N) is 6. The lowest BCUT2D eigenvalue weighted by molar-refractivity contribution is 0.0732. The zero-order chi connectivity index (χ0) is 16.2. The molecule has 1 saturated carbocycles. The smallest absolute Gasteiger partial charge is 0.152 e. The summed E-state index contributed by atoms with van der Waals surface area (Å²) in [6.45, 7) is 1.95. The third kappa shape index (κ3) is 3.65. The highest BCUT2D eigenvalue weighted by atomic mass is 16.5. The van der Waals surface area contributed by atoms with Gasteiger partial charge in [0, 0.05) is 38.4 Å². The first-order valence-corrected chi connectivity index (χ1v) is 7.74. The van der Waals surface area contributed by atoms with Crippen LogP contribution in [0.25, 0.3) is 0 Å². The van der Waals surface area contributed by atoms with Crippen LogP contribution in [-0.4, -0.2) is 56.7 Å². The van der Waals surface area contributed by atoms with E-state index in [1.165, 1.54) is 0 Å². The van der Waals surface area contributed by atoms with E-state index in [0.717, 1.165) is 36.7 Å². The molecule has 8 heteroatoms. The van der Waals surface area contributed by atoms with Gasteiger partial charge in [0.2, 0.25) is 0 Å². The third-order valence-corrected chi connectivity index (χ3v) is 4.21. The van der Waals surface area contributed by atoms with E-state index < -0.39 is 0 Å². The van der Waals surface area contributed by atoms with E-state index in [0.29, 0.717) is 19.1 Å². The van der Waals surface area contributed by atoms with Crippen molar-refractivity contribution in [2.75, 3.05) is 25.7 Å². The molecule has 1 N–H and O–H groups in total. The molecule has 0 bridgehead atoms. The monoisotopic (exact) mass is 318 g/mol. The zero-order valence-corrected chi connectivity index (χ0v) is 13.5. The highest BCUT2D eigenvalue weighted by Crippen LogP contribution is 2.36. The van der Waals surface area contributed by atoms with Gasteiger partial charge in [-0.15, -0.1) is 10.2 Å². The Balaban J connectivity index is 1.67. The second-order valence-electron chi connectivity index (χ2n) is 5.91. The Bertz CT molecular complexity index is 640. The molecule has 0 radical (unpaired) electrons. The summed E-state index contributed by atoms with van der Waals surface area (Å²) in [6, 6.07) is 1.99. The average molecular weight is 318 g/mol. The van der Waals surface area contributed by atoms with Crippen LogP contribution in [0.4, 0.5) is 5.82 Å². The number of methoxy groups -OCH3 is 1. The summed E-state index contributed by atoms with van der Waals surface area (Å²) in [5.41, 5.74) is 0.994. The molecule has 2 aromatic rings. The topological polar surface area (TPSA) is 89.2 Å². The molecule has 0 aromatic carbocycles. The first-order chi connectivity index (χ1) is 11.2. The van der Waals surface area contributed by atoms with Crippen molar-refractivity contribution in [3.05, 3.63) is 30.2 Å². The molecule has 1 fully saturated rings. The normalized spacial score (nSPS) is 20.3. The third-order valence-electron chi connectivity index (χ3n) is 4.21. The minimum Gasteiger partial charge on any atom is -0.393 e. The van der Waals surface area contributed by atoms with Gasteiger partial charge in [-0.05, 0) is 12.8 Å². The predicted octanol–water partition coefficient (Wildman–Crippen LogP) is 0.589. The maximum atomic E-state index is 9.45. The van der Waals surface area contributed by atoms with Gasteiger partial charge in [-0.1, -0.05) is 0 Å². The van der Waals surface area contributed by atoms with Crippen molar-refractivity contribution >= 4 is 5.82 Å². The maximum absolute atomic E-state index is 9.45. The highest BCUT2D eigenvalue weighted by Gasteiger charge is 2.30. The van der Waals surface area contributed by atoms with E-state index in [9.17, 15) is 5.11 Å². The fourth-order valence-corrected chi connectivity index (χ4v) is 2.69. The molecule has 3 rings (SSSR count). The molecule has 0 amide bonds. The molecule has 0 atom stereocenters. The summed E-state index contributed by atoms with van der Waals surface area (Å²) < 4.78 is 7.07. The summed E-state index contributed by atoms with van der Waals surface area (Å²) >= 11 is 0. The van der Waals surface area contributed by atoms with Crippen molar-refractivity contribution in [3.63, 3.8) is 0 Å². The van der Waals surface area contributed by atoms with Gasteiger partial charge in [-0.2, -0.15) is 0 Å². The van der Waals surface area contributed by atoms with Crippen molar-refractivity contribution in [2.24, 2.45) is 0 Å². The average Bonchev–Trinajstić information content (AvgIpc) is 2.97. The van der Waals surface area contributed by atoms with E-state index in [1.54, 1.807) is 19.8 Å². The minimum atomic E-state index is -0.185. The van der Waals surface area contributed by atoms with Gasteiger partial charge < -0.3 is 19.3 Å². The molecule has 0 saturated heterocycles. The van der Waals surface area contributed by atoms with Crippen LogP contribution in [0.1, 0.15) is 30.3 Å². The van der Waals surface area contributed by atoms with E-state index in [4.69, 9.17) is 4.74 Å². The van der Waals surface area contributed by atoms with Gasteiger partial charge in [-0.3, -0.25) is 0 Å². The molecule has 1 aliphatic carbocycles. The Labute approximate surface area is 135 Å². The molecular weight excluding hydrogens is 296 g/mol. The van der Waals surface area contributed by atoms with E-state index >= 15 is 0 Å². The number of aliphatic hydroxyl groups excluding tert-OH is 1. The number of rotatable bonds is 7. The molecule has 2 aromatic heterocycles. The van der Waals surface area contributed by atoms with Crippen LogP contribution in [0.5, 0.6) is 0 Å². The fourth-order valence-electron chi connectivity index (χ4n) is 2.69. The van der Waals surface area contributed by atoms with Crippen molar-refractivity contribution in [1.29, 1.82) is 0 Å². The molecular formula is C15H22N6O2. The second kappa shape index (κ2) is 7.01. The molecule has 8 nitrogen and oxygen atoms in total. The molecule has 1 aliphatic rings. The first kappa shape index (κ1) is 15.8. The van der Waals surface area contributed by atoms with Gasteiger partial charge in [0.25, 0.3) is 0 Å². The SMILES string of the molecule is COCCn1cnnc1CN(C)c1cc(C2CC(O)C2)ncn1. The van der Waals surface area contributed by atoms with Crippen LogP contribution in [-0.2, 0) is 17.8 Å². The van der Waals surface area contributed by atoms with Gasteiger partial charge >= 0.3 is 0 Å². The van der Waals surface area contributed by atoms with Crippen LogP contribution in [0.3, 0.4) is 0 Å². The standard InChI is InChI=1S/C15H22N6O2/c1-20(8-15-19-18-10-21(15)3-4-23-2)14-7-13(16-9-17-14)11-5-12(22)6-11/h7,9-12,22H,3-6,8H2,1-2H3. The fraction of sp³-hybridized carbons (Fsp3) is 0.600. The van der Waals surface area contributed by atoms with Gasteiger partial charge in [0.05, 0.1) is 19.3 Å². The van der Waals surface area contributed by atoms with Crippen LogP contribution in [0.2, 0.25) is 0 Å². The Kier molecular flexibility index (Phi) is 4.82. The second-order valence-corrected chi connectivity index (χ2v) is 5.91. The van der Waals surface area contributed by atoms with Crippen molar-refractivity contribution in [1.82, 2.24) is 24.7 Å². The lowest BCUT2D eigenvalue weighted by Gasteiger charge is -2.31. The van der Waals surface area contributed by atoms with Crippen molar-refractivity contribution < 1.29 is 9.84 Å². The molecule has 23 heavy (non-hydrogen) atoms. The van der Waals surface area contributed by atoms with Gasteiger partial charge in [-0.25, -0.2) is 9.97 Å². The van der Waals surface area contributed by atoms with Crippen LogP contribution in [0, 0.1) is 0 Å². The predicted molar refractivity (Wildman–Crippen MR) is 84.0 cm³/mol. The van der Waals surface area contributed by atoms with Crippen LogP contribution >= 0.6 is 0 Å².